The number of hydrogen-bond acceptors (Lipinski definition) is 0. The van der Waals surface area contributed by atoms with Crippen LogP contribution in [0.15, 0.2) is 0 Å². The highest BCUT2D eigenvalue weighted by Gasteiger charge is 2.01. The van der Waals surface area contributed by atoms with Crippen molar-refractivity contribution in [2.75, 3.05) is 0 Å². The van der Waals surface area contributed by atoms with Crippen molar-refractivity contribution >= 4 is 0 Å². The molecule has 98 valence electrons. The molecule has 0 aliphatic rings. The van der Waals surface area contributed by atoms with E-state index in [0.717, 1.165) is 5.92 Å². The highest BCUT2D eigenvalue weighted by atomic mass is 14.1. The molecule has 0 radical (unpaired) electrons. The second-order valence-corrected chi connectivity index (χ2v) is 5.51. The van der Waals surface area contributed by atoms with E-state index in [-0.39, 0.29) is 0 Å². The fraction of sp³-hybridized carbons (Fsp3) is 1.00. The molecule has 1 unspecified atom stereocenters. The van der Waals surface area contributed by atoms with Crippen LogP contribution in [-0.2, 0) is 0 Å². The van der Waals surface area contributed by atoms with Gasteiger partial charge in [0.2, 0.25) is 0 Å². The van der Waals surface area contributed by atoms with E-state index < -0.39 is 0 Å². The predicted octanol–water partition coefficient (Wildman–Crippen LogP) is 6.34. The lowest BCUT2D eigenvalue weighted by molar-refractivity contribution is 0.434. The Kier molecular flexibility index (Phi) is 13.1. The Hall–Kier alpha value is 0. The van der Waals surface area contributed by atoms with E-state index in [9.17, 15) is 0 Å². The van der Waals surface area contributed by atoms with Crippen LogP contribution in [0.2, 0.25) is 0 Å². The topological polar surface area (TPSA) is 0 Å². The molecule has 0 aromatic carbocycles. The van der Waals surface area contributed by atoms with Crippen molar-refractivity contribution < 1.29 is 0 Å². The van der Waals surface area contributed by atoms with E-state index in [0.29, 0.717) is 0 Å². The molecule has 0 aromatic rings. The molecule has 0 aromatic heterocycles. The molecule has 0 heterocycles. The molecule has 0 aliphatic carbocycles. The Labute approximate surface area is 104 Å². The molecule has 0 saturated carbocycles. The van der Waals surface area contributed by atoms with Gasteiger partial charge >= 0.3 is 0 Å². The third-order valence-electron chi connectivity index (χ3n) is 3.60. The van der Waals surface area contributed by atoms with Crippen LogP contribution in [0, 0.1) is 5.92 Å². The summed E-state index contributed by atoms with van der Waals surface area (Å²) in [5, 5.41) is 0. The van der Waals surface area contributed by atoms with Crippen molar-refractivity contribution in [3.8, 4) is 0 Å². The first-order valence-electron chi connectivity index (χ1n) is 7.81. The largest absolute Gasteiger partial charge is 0.0654 e. The van der Waals surface area contributed by atoms with Crippen LogP contribution in [0.25, 0.3) is 0 Å². The summed E-state index contributed by atoms with van der Waals surface area (Å²) in [6, 6.07) is 0. The van der Waals surface area contributed by atoms with Crippen LogP contribution in [0.1, 0.15) is 97.8 Å². The summed E-state index contributed by atoms with van der Waals surface area (Å²) in [5.74, 6) is 0.975. The summed E-state index contributed by atoms with van der Waals surface area (Å²) in [5.41, 5.74) is 0. The van der Waals surface area contributed by atoms with Crippen molar-refractivity contribution in [3.05, 3.63) is 0 Å². The van der Waals surface area contributed by atoms with Crippen LogP contribution >= 0.6 is 0 Å². The zero-order valence-electron chi connectivity index (χ0n) is 12.1. The zero-order valence-corrected chi connectivity index (χ0v) is 12.1. The highest BCUT2D eigenvalue weighted by Crippen LogP contribution is 2.17. The lowest BCUT2D eigenvalue weighted by Crippen LogP contribution is -1.95. The molecular formula is C16H34. The summed E-state index contributed by atoms with van der Waals surface area (Å²) in [7, 11) is 0. The summed E-state index contributed by atoms with van der Waals surface area (Å²) >= 11 is 0. The molecule has 0 rings (SSSR count). The normalized spacial score (nSPS) is 12.9. The predicted molar refractivity (Wildman–Crippen MR) is 75.9 cm³/mol. The van der Waals surface area contributed by atoms with Gasteiger partial charge in [-0.25, -0.2) is 0 Å². The van der Waals surface area contributed by atoms with Crippen molar-refractivity contribution in [2.24, 2.45) is 5.92 Å². The zero-order chi connectivity index (χ0) is 12.1. The minimum absolute atomic E-state index is 0.975. The molecule has 1 atom stereocenters. The SMILES string of the molecule is CCCCCCCCC(C)CCCCCC. The Morgan fingerprint density at radius 1 is 0.562 bits per heavy atom. The molecule has 0 saturated heterocycles. The number of hydrogen-bond donors (Lipinski definition) is 0. The van der Waals surface area contributed by atoms with E-state index in [1.54, 1.807) is 0 Å². The fourth-order valence-corrected chi connectivity index (χ4v) is 2.34. The smallest absolute Gasteiger partial charge is 0.0443 e. The van der Waals surface area contributed by atoms with Gasteiger partial charge in [-0.1, -0.05) is 97.8 Å². The molecule has 0 bridgehead atoms. The summed E-state index contributed by atoms with van der Waals surface area (Å²) in [4.78, 5) is 0. The maximum atomic E-state index is 2.44. The fourth-order valence-electron chi connectivity index (χ4n) is 2.34. The molecule has 0 fully saturated rings. The van der Waals surface area contributed by atoms with E-state index in [4.69, 9.17) is 0 Å². The molecule has 0 N–H and O–H groups in total. The molecule has 0 amide bonds. The number of unbranched alkanes of at least 4 members (excludes halogenated alkanes) is 8. The Morgan fingerprint density at radius 2 is 0.938 bits per heavy atom. The third kappa shape index (κ3) is 12.1. The van der Waals surface area contributed by atoms with E-state index in [2.05, 4.69) is 20.8 Å². The van der Waals surface area contributed by atoms with Crippen LogP contribution in [-0.4, -0.2) is 0 Å². The summed E-state index contributed by atoms with van der Waals surface area (Å²) < 4.78 is 0. The van der Waals surface area contributed by atoms with Crippen LogP contribution in [0.3, 0.4) is 0 Å². The van der Waals surface area contributed by atoms with Gasteiger partial charge in [-0.05, 0) is 5.92 Å². The molecule has 0 nitrogen and oxygen atoms in total. The summed E-state index contributed by atoms with van der Waals surface area (Å²) in [6.07, 6.45) is 17.3. The van der Waals surface area contributed by atoms with E-state index in [1.807, 2.05) is 0 Å². The molecule has 16 heavy (non-hydrogen) atoms. The maximum Gasteiger partial charge on any atom is -0.0443 e. The molecule has 0 aliphatic heterocycles. The van der Waals surface area contributed by atoms with Crippen molar-refractivity contribution in [3.63, 3.8) is 0 Å². The molecule has 0 spiro atoms. The third-order valence-corrected chi connectivity index (χ3v) is 3.60. The van der Waals surface area contributed by atoms with E-state index in [1.165, 1.54) is 77.0 Å². The second kappa shape index (κ2) is 13.1. The van der Waals surface area contributed by atoms with Gasteiger partial charge in [-0.2, -0.15) is 0 Å². The van der Waals surface area contributed by atoms with E-state index >= 15 is 0 Å². The average molecular weight is 226 g/mol. The van der Waals surface area contributed by atoms with Gasteiger partial charge in [0.05, 0.1) is 0 Å². The molecule has 0 heteroatoms. The number of rotatable bonds is 12. The first-order chi connectivity index (χ1) is 7.81. The Bertz CT molecular complexity index is 117. The average Bonchev–Trinajstić information content (AvgIpc) is 2.29. The Balaban J connectivity index is 3.08. The first kappa shape index (κ1) is 16.0. The molecular weight excluding hydrogens is 192 g/mol. The quantitative estimate of drug-likeness (QED) is 0.340. The van der Waals surface area contributed by atoms with Gasteiger partial charge < -0.3 is 0 Å². The lowest BCUT2D eigenvalue weighted by Gasteiger charge is -2.10. The second-order valence-electron chi connectivity index (χ2n) is 5.51. The van der Waals surface area contributed by atoms with Gasteiger partial charge in [0, 0.05) is 0 Å². The maximum absolute atomic E-state index is 2.44. The first-order valence-corrected chi connectivity index (χ1v) is 7.81. The van der Waals surface area contributed by atoms with Crippen LogP contribution in [0.4, 0.5) is 0 Å². The monoisotopic (exact) mass is 226 g/mol. The van der Waals surface area contributed by atoms with Gasteiger partial charge in [0.25, 0.3) is 0 Å². The van der Waals surface area contributed by atoms with Crippen LogP contribution in [0.5, 0.6) is 0 Å². The minimum Gasteiger partial charge on any atom is -0.0654 e. The van der Waals surface area contributed by atoms with Crippen molar-refractivity contribution in [2.45, 2.75) is 97.8 Å². The standard InChI is InChI=1S/C16H34/c1-4-6-8-10-11-13-15-16(3)14-12-9-7-5-2/h16H,4-15H2,1-3H3. The highest BCUT2D eigenvalue weighted by molar-refractivity contribution is 4.55. The Morgan fingerprint density at radius 3 is 1.44 bits per heavy atom. The van der Waals surface area contributed by atoms with Crippen LogP contribution < -0.4 is 0 Å². The van der Waals surface area contributed by atoms with Crippen molar-refractivity contribution in [1.82, 2.24) is 0 Å². The minimum atomic E-state index is 0.975. The summed E-state index contributed by atoms with van der Waals surface area (Å²) in [6.45, 7) is 7.02. The van der Waals surface area contributed by atoms with Gasteiger partial charge in [0.1, 0.15) is 0 Å². The van der Waals surface area contributed by atoms with Gasteiger partial charge in [-0.3, -0.25) is 0 Å². The van der Waals surface area contributed by atoms with Crippen molar-refractivity contribution in [1.29, 1.82) is 0 Å². The van der Waals surface area contributed by atoms with Gasteiger partial charge in [0.15, 0.2) is 0 Å². The lowest BCUT2D eigenvalue weighted by atomic mass is 9.96. The van der Waals surface area contributed by atoms with Gasteiger partial charge in [-0.15, -0.1) is 0 Å².